The van der Waals surface area contributed by atoms with E-state index in [0.29, 0.717) is 0 Å². The molecular weight excluding hydrogens is 512 g/mol. The summed E-state index contributed by atoms with van der Waals surface area (Å²) in [6, 6.07) is 18.3. The molecule has 0 unspecified atom stereocenters. The van der Waals surface area contributed by atoms with Gasteiger partial charge in [-0.1, -0.05) is 37.9 Å². The molecule has 9 rings (SSSR count). The maximum Gasteiger partial charge on any atom is 0.136 e. The van der Waals surface area contributed by atoms with Crippen molar-refractivity contribution in [2.45, 2.75) is 37.5 Å². The summed E-state index contributed by atoms with van der Waals surface area (Å²) in [5.41, 5.74) is 8.21. The van der Waals surface area contributed by atoms with Gasteiger partial charge in [-0.25, -0.2) is 0 Å². The Balaban J connectivity index is 1.49. The molecule has 1 spiro atoms. The summed E-state index contributed by atoms with van der Waals surface area (Å²) in [5.74, 6) is 3.48. The van der Waals surface area contributed by atoms with Crippen LogP contribution in [-0.2, 0) is 5.41 Å². The fourth-order valence-electron chi connectivity index (χ4n) is 8.41. The van der Waals surface area contributed by atoms with E-state index in [1.54, 1.807) is 11.1 Å². The van der Waals surface area contributed by atoms with E-state index in [2.05, 4.69) is 80.4 Å². The van der Waals surface area contributed by atoms with Crippen LogP contribution in [0.5, 0.6) is 0 Å². The van der Waals surface area contributed by atoms with Gasteiger partial charge in [-0.2, -0.15) is 0 Å². The molecule has 4 aromatic rings. The molecule has 4 saturated carbocycles. The number of fused-ring (bicyclic) bond motifs is 6. The molecule has 0 saturated heterocycles. The van der Waals surface area contributed by atoms with Gasteiger partial charge in [0.05, 0.1) is 0 Å². The van der Waals surface area contributed by atoms with Gasteiger partial charge < -0.3 is 4.42 Å². The molecule has 0 atom stereocenters. The molecule has 0 radical (unpaired) electrons. The quantitative estimate of drug-likeness (QED) is 0.220. The molecule has 4 fully saturated rings. The molecule has 5 aliphatic rings. The van der Waals surface area contributed by atoms with E-state index in [-0.39, 0.29) is 5.41 Å². The van der Waals surface area contributed by atoms with Crippen molar-refractivity contribution < 1.29 is 4.42 Å². The van der Waals surface area contributed by atoms with Crippen molar-refractivity contribution in [3.63, 3.8) is 0 Å². The Morgan fingerprint density at radius 3 is 2.06 bits per heavy atom. The summed E-state index contributed by atoms with van der Waals surface area (Å²) in [6.45, 7) is 0. The SMILES string of the molecule is Brc1ccc2c(c1)C1(c3cc4c(cc3-2)oc2cc(Br)ccc24)C2CC3CC(C2)CC1C3. The number of rotatable bonds is 0. The zero-order valence-corrected chi connectivity index (χ0v) is 20.3. The van der Waals surface area contributed by atoms with Crippen LogP contribution in [-0.4, -0.2) is 0 Å². The van der Waals surface area contributed by atoms with Crippen molar-refractivity contribution >= 4 is 53.8 Å². The van der Waals surface area contributed by atoms with Gasteiger partial charge in [0.25, 0.3) is 0 Å². The second kappa shape index (κ2) is 5.85. The van der Waals surface area contributed by atoms with E-state index < -0.39 is 0 Å². The van der Waals surface area contributed by atoms with Crippen molar-refractivity contribution in [3.8, 4) is 11.1 Å². The predicted octanol–water partition coefficient (Wildman–Crippen LogP) is 8.83. The van der Waals surface area contributed by atoms with E-state index >= 15 is 0 Å². The first-order chi connectivity index (χ1) is 15.1. The molecule has 3 aromatic carbocycles. The lowest BCUT2D eigenvalue weighted by Crippen LogP contribution is -2.55. The molecule has 5 aliphatic carbocycles. The third kappa shape index (κ3) is 2.13. The van der Waals surface area contributed by atoms with Gasteiger partial charge in [0, 0.05) is 25.1 Å². The zero-order valence-electron chi connectivity index (χ0n) is 17.1. The molecule has 0 aliphatic heterocycles. The lowest BCUT2D eigenvalue weighted by molar-refractivity contribution is -0.0399. The molecule has 4 bridgehead atoms. The third-order valence-electron chi connectivity index (χ3n) is 9.16. The number of benzene rings is 3. The van der Waals surface area contributed by atoms with Gasteiger partial charge in [-0.15, -0.1) is 0 Å². The van der Waals surface area contributed by atoms with Crippen molar-refractivity contribution in [1.82, 2.24) is 0 Å². The fourth-order valence-corrected chi connectivity index (χ4v) is 9.11. The molecule has 3 heteroatoms. The summed E-state index contributed by atoms with van der Waals surface area (Å²) in [7, 11) is 0. The minimum Gasteiger partial charge on any atom is -0.456 e. The van der Waals surface area contributed by atoms with Crippen LogP contribution in [0, 0.1) is 23.7 Å². The highest BCUT2D eigenvalue weighted by atomic mass is 79.9. The number of hydrogen-bond donors (Lipinski definition) is 0. The first-order valence-electron chi connectivity index (χ1n) is 11.6. The number of halogens is 2. The highest BCUT2D eigenvalue weighted by Gasteiger charge is 2.61. The summed E-state index contributed by atoms with van der Waals surface area (Å²) >= 11 is 7.42. The first kappa shape index (κ1) is 17.9. The van der Waals surface area contributed by atoms with E-state index in [9.17, 15) is 0 Å². The normalized spacial score (nSPS) is 32.3. The predicted molar refractivity (Wildman–Crippen MR) is 132 cm³/mol. The van der Waals surface area contributed by atoms with Gasteiger partial charge in [-0.05, 0) is 120 Å². The van der Waals surface area contributed by atoms with Crippen LogP contribution in [0.3, 0.4) is 0 Å². The summed E-state index contributed by atoms with van der Waals surface area (Å²) in [4.78, 5) is 0. The maximum absolute atomic E-state index is 6.35. The molecule has 154 valence electrons. The standard InChI is InChI=1S/C28H22Br2O/c29-18-1-3-20-22-13-27-23(21-4-2-19(30)11-26(21)31-27)12-25(22)28(24(20)10-18)16-6-14-5-15(8-16)9-17(28)7-14/h1-4,10-17H,5-9H2. The summed E-state index contributed by atoms with van der Waals surface area (Å²) in [5, 5.41) is 2.51. The minimum atomic E-state index is 0.189. The van der Waals surface area contributed by atoms with E-state index in [0.717, 1.165) is 39.3 Å². The Labute approximate surface area is 198 Å². The maximum atomic E-state index is 6.35. The minimum absolute atomic E-state index is 0.189. The Hall–Kier alpha value is -1.58. The Bertz CT molecular complexity index is 1400. The van der Waals surface area contributed by atoms with Crippen molar-refractivity contribution in [1.29, 1.82) is 0 Å². The lowest BCUT2D eigenvalue weighted by atomic mass is 9.43. The average Bonchev–Trinajstić information content (AvgIpc) is 3.22. The van der Waals surface area contributed by atoms with Crippen LogP contribution in [0.2, 0.25) is 0 Å². The first-order valence-corrected chi connectivity index (χ1v) is 13.2. The van der Waals surface area contributed by atoms with Crippen LogP contribution in [0.25, 0.3) is 33.1 Å². The summed E-state index contributed by atoms with van der Waals surface area (Å²) < 4.78 is 8.63. The molecule has 1 aromatic heterocycles. The lowest BCUT2D eigenvalue weighted by Gasteiger charge is -2.61. The van der Waals surface area contributed by atoms with E-state index in [1.807, 2.05) is 0 Å². The van der Waals surface area contributed by atoms with Crippen LogP contribution < -0.4 is 0 Å². The Kier molecular flexibility index (Phi) is 3.38. The van der Waals surface area contributed by atoms with Crippen LogP contribution >= 0.6 is 31.9 Å². The largest absolute Gasteiger partial charge is 0.456 e. The van der Waals surface area contributed by atoms with Gasteiger partial charge in [-0.3, -0.25) is 0 Å². The van der Waals surface area contributed by atoms with Crippen molar-refractivity contribution in [2.75, 3.05) is 0 Å². The highest BCUT2D eigenvalue weighted by Crippen LogP contribution is 2.69. The Morgan fingerprint density at radius 1 is 0.645 bits per heavy atom. The van der Waals surface area contributed by atoms with Crippen LogP contribution in [0.1, 0.15) is 43.2 Å². The van der Waals surface area contributed by atoms with Crippen LogP contribution in [0.15, 0.2) is 61.9 Å². The van der Waals surface area contributed by atoms with Gasteiger partial charge in [0.1, 0.15) is 11.2 Å². The number of hydrogen-bond acceptors (Lipinski definition) is 1. The average molecular weight is 534 g/mol. The monoisotopic (exact) mass is 532 g/mol. The third-order valence-corrected chi connectivity index (χ3v) is 10.1. The van der Waals surface area contributed by atoms with Gasteiger partial charge in [0.15, 0.2) is 0 Å². The second-order valence-corrected chi connectivity index (χ2v) is 12.3. The van der Waals surface area contributed by atoms with E-state index in [1.165, 1.54) is 58.5 Å². The smallest absolute Gasteiger partial charge is 0.136 e. The number of furan rings is 1. The fraction of sp³-hybridized carbons (Fsp3) is 0.357. The highest BCUT2D eigenvalue weighted by molar-refractivity contribution is 9.10. The topological polar surface area (TPSA) is 13.1 Å². The second-order valence-electron chi connectivity index (χ2n) is 10.5. The van der Waals surface area contributed by atoms with E-state index in [4.69, 9.17) is 4.42 Å². The summed E-state index contributed by atoms with van der Waals surface area (Å²) in [6.07, 6.45) is 7.14. The van der Waals surface area contributed by atoms with Crippen molar-refractivity contribution in [2.24, 2.45) is 23.7 Å². The van der Waals surface area contributed by atoms with Gasteiger partial charge in [0.2, 0.25) is 0 Å². The molecule has 1 heterocycles. The molecule has 31 heavy (non-hydrogen) atoms. The Morgan fingerprint density at radius 2 is 1.29 bits per heavy atom. The van der Waals surface area contributed by atoms with Gasteiger partial charge >= 0.3 is 0 Å². The zero-order chi connectivity index (χ0) is 20.5. The van der Waals surface area contributed by atoms with Crippen LogP contribution in [0.4, 0.5) is 0 Å². The molecule has 1 nitrogen and oxygen atoms in total. The molecular formula is C28H22Br2O. The van der Waals surface area contributed by atoms with Crippen molar-refractivity contribution in [3.05, 3.63) is 68.6 Å². The molecule has 0 amide bonds. The molecule has 0 N–H and O–H groups in total.